The van der Waals surface area contributed by atoms with Crippen molar-refractivity contribution in [2.75, 3.05) is 13.1 Å². The van der Waals surface area contributed by atoms with E-state index in [1.807, 2.05) is 0 Å². The van der Waals surface area contributed by atoms with Crippen LogP contribution in [0.2, 0.25) is 0 Å². The molecule has 4 rings (SSSR count). The number of nitrogens with one attached hydrogen (secondary N) is 1. The summed E-state index contributed by atoms with van der Waals surface area (Å²) < 4.78 is 0. The monoisotopic (exact) mass is 268 g/mol. The minimum absolute atomic E-state index is 0.767. The van der Waals surface area contributed by atoms with Crippen molar-refractivity contribution in [2.45, 2.75) is 44.6 Å². The molecular weight excluding hydrogens is 244 g/mol. The topological polar surface area (TPSA) is 19.0 Å². The summed E-state index contributed by atoms with van der Waals surface area (Å²) in [6, 6.07) is 9.48. The van der Waals surface area contributed by atoms with Crippen LogP contribution in [0.25, 0.3) is 10.9 Å². The third-order valence-electron chi connectivity index (χ3n) is 5.07. The molecule has 0 radical (unpaired) electrons. The predicted octanol–water partition coefficient (Wildman–Crippen LogP) is 3.97. The van der Waals surface area contributed by atoms with Crippen LogP contribution >= 0.6 is 0 Å². The predicted molar refractivity (Wildman–Crippen MR) is 83.9 cm³/mol. The zero-order valence-corrected chi connectivity index (χ0v) is 12.1. The Balaban J connectivity index is 1.53. The van der Waals surface area contributed by atoms with Crippen LogP contribution in [0.5, 0.6) is 0 Å². The highest BCUT2D eigenvalue weighted by Crippen LogP contribution is 2.33. The van der Waals surface area contributed by atoms with E-state index in [0.29, 0.717) is 0 Å². The highest BCUT2D eigenvalue weighted by atomic mass is 15.2. The lowest BCUT2D eigenvalue weighted by Gasteiger charge is -2.36. The van der Waals surface area contributed by atoms with Crippen LogP contribution in [0.1, 0.15) is 37.7 Å². The average molecular weight is 268 g/mol. The van der Waals surface area contributed by atoms with Gasteiger partial charge in [-0.05, 0) is 56.2 Å². The molecule has 0 bridgehead atoms. The van der Waals surface area contributed by atoms with Crippen molar-refractivity contribution in [3.05, 3.63) is 36.0 Å². The standard InChI is InChI=1S/C18H24N2/c1-2-7-18-17(6-1)15(12-19-18)11-16-5-3-4-10-20(16)13-14-8-9-14/h1-2,6-7,12,14,16,19H,3-5,8-11,13H2. The molecule has 1 unspecified atom stereocenters. The van der Waals surface area contributed by atoms with Gasteiger partial charge in [-0.25, -0.2) is 0 Å². The van der Waals surface area contributed by atoms with E-state index in [1.54, 1.807) is 0 Å². The van der Waals surface area contributed by atoms with E-state index in [4.69, 9.17) is 0 Å². The molecule has 1 atom stereocenters. The minimum atomic E-state index is 0.767. The molecule has 1 aromatic heterocycles. The zero-order chi connectivity index (χ0) is 13.4. The number of piperidine rings is 1. The van der Waals surface area contributed by atoms with Crippen LogP contribution in [0.15, 0.2) is 30.5 Å². The highest BCUT2D eigenvalue weighted by molar-refractivity contribution is 5.83. The molecule has 106 valence electrons. The second kappa shape index (κ2) is 5.25. The van der Waals surface area contributed by atoms with Crippen molar-refractivity contribution in [3.63, 3.8) is 0 Å². The first kappa shape index (κ1) is 12.5. The van der Waals surface area contributed by atoms with Crippen LogP contribution in [0.3, 0.4) is 0 Å². The van der Waals surface area contributed by atoms with E-state index in [-0.39, 0.29) is 0 Å². The number of fused-ring (bicyclic) bond motifs is 1. The van der Waals surface area contributed by atoms with E-state index in [9.17, 15) is 0 Å². The smallest absolute Gasteiger partial charge is 0.0456 e. The van der Waals surface area contributed by atoms with Crippen LogP contribution in [0.4, 0.5) is 0 Å². The Bertz CT molecular complexity index is 582. The van der Waals surface area contributed by atoms with Gasteiger partial charge in [-0.2, -0.15) is 0 Å². The first-order valence-electron chi connectivity index (χ1n) is 8.19. The van der Waals surface area contributed by atoms with E-state index < -0.39 is 0 Å². The Labute approximate surface area is 121 Å². The SMILES string of the molecule is c1ccc2c(CC3CCCCN3CC3CC3)c[nH]c2c1. The van der Waals surface area contributed by atoms with Gasteiger partial charge >= 0.3 is 0 Å². The summed E-state index contributed by atoms with van der Waals surface area (Å²) in [6.45, 7) is 2.68. The van der Waals surface area contributed by atoms with Crippen molar-refractivity contribution in [3.8, 4) is 0 Å². The van der Waals surface area contributed by atoms with Crippen LogP contribution in [0, 0.1) is 5.92 Å². The van der Waals surface area contributed by atoms with Gasteiger partial charge in [-0.15, -0.1) is 0 Å². The Hall–Kier alpha value is -1.28. The van der Waals surface area contributed by atoms with Gasteiger partial charge in [0.05, 0.1) is 0 Å². The minimum Gasteiger partial charge on any atom is -0.361 e. The first-order chi connectivity index (χ1) is 9.90. The summed E-state index contributed by atoms with van der Waals surface area (Å²) in [6.07, 6.45) is 10.6. The van der Waals surface area contributed by atoms with Gasteiger partial charge in [-0.3, -0.25) is 4.90 Å². The summed E-state index contributed by atoms with van der Waals surface area (Å²) in [7, 11) is 0. The number of aromatic nitrogens is 1. The van der Waals surface area contributed by atoms with E-state index in [2.05, 4.69) is 40.3 Å². The normalized spacial score (nSPS) is 24.3. The molecular formula is C18H24N2. The van der Waals surface area contributed by atoms with Gasteiger partial charge in [0.15, 0.2) is 0 Å². The lowest BCUT2D eigenvalue weighted by Crippen LogP contribution is -2.41. The second-order valence-corrected chi connectivity index (χ2v) is 6.65. The molecule has 2 fully saturated rings. The lowest BCUT2D eigenvalue weighted by molar-refractivity contribution is 0.141. The molecule has 2 heteroatoms. The molecule has 1 aliphatic heterocycles. The van der Waals surface area contributed by atoms with Gasteiger partial charge in [0.2, 0.25) is 0 Å². The van der Waals surface area contributed by atoms with E-state index >= 15 is 0 Å². The number of H-pyrrole nitrogens is 1. The maximum Gasteiger partial charge on any atom is 0.0456 e. The van der Waals surface area contributed by atoms with Gasteiger partial charge in [0, 0.05) is 29.7 Å². The number of nitrogens with zero attached hydrogens (tertiary/aromatic N) is 1. The maximum atomic E-state index is 3.43. The summed E-state index contributed by atoms with van der Waals surface area (Å²) >= 11 is 0. The fourth-order valence-electron chi connectivity index (χ4n) is 3.72. The summed E-state index contributed by atoms with van der Waals surface area (Å²) in [5.74, 6) is 1.01. The molecule has 1 aliphatic carbocycles. The third kappa shape index (κ3) is 2.49. The number of rotatable bonds is 4. The average Bonchev–Trinajstić information content (AvgIpc) is 3.21. The van der Waals surface area contributed by atoms with Crippen molar-refractivity contribution in [2.24, 2.45) is 5.92 Å². The van der Waals surface area contributed by atoms with Crippen molar-refractivity contribution < 1.29 is 0 Å². The van der Waals surface area contributed by atoms with Crippen LogP contribution < -0.4 is 0 Å². The molecule has 2 aromatic rings. The van der Waals surface area contributed by atoms with Crippen LogP contribution in [-0.4, -0.2) is 29.0 Å². The number of hydrogen-bond donors (Lipinski definition) is 1. The maximum absolute atomic E-state index is 3.43. The number of aromatic amines is 1. The number of hydrogen-bond acceptors (Lipinski definition) is 1. The Morgan fingerprint density at radius 1 is 1.10 bits per heavy atom. The van der Waals surface area contributed by atoms with Gasteiger partial charge < -0.3 is 4.98 Å². The summed E-state index contributed by atoms with van der Waals surface area (Å²) in [5, 5.41) is 1.42. The second-order valence-electron chi connectivity index (χ2n) is 6.65. The van der Waals surface area contributed by atoms with Crippen molar-refractivity contribution in [1.82, 2.24) is 9.88 Å². The van der Waals surface area contributed by atoms with E-state index in [1.165, 1.54) is 68.1 Å². The fourth-order valence-corrected chi connectivity index (χ4v) is 3.72. The van der Waals surface area contributed by atoms with Crippen molar-refractivity contribution >= 4 is 10.9 Å². The molecule has 0 amide bonds. The Morgan fingerprint density at radius 3 is 2.90 bits per heavy atom. The number of benzene rings is 1. The van der Waals surface area contributed by atoms with Crippen LogP contribution in [-0.2, 0) is 6.42 Å². The molecule has 0 spiro atoms. The summed E-state index contributed by atoms with van der Waals surface area (Å²) in [4.78, 5) is 6.21. The Kier molecular flexibility index (Phi) is 3.27. The Morgan fingerprint density at radius 2 is 2.00 bits per heavy atom. The molecule has 1 saturated carbocycles. The highest BCUT2D eigenvalue weighted by Gasteiger charge is 2.29. The van der Waals surface area contributed by atoms with Gasteiger partial charge in [0.25, 0.3) is 0 Å². The largest absolute Gasteiger partial charge is 0.361 e. The zero-order valence-electron chi connectivity index (χ0n) is 12.1. The first-order valence-corrected chi connectivity index (χ1v) is 8.19. The molecule has 2 nitrogen and oxygen atoms in total. The quantitative estimate of drug-likeness (QED) is 0.889. The van der Waals surface area contributed by atoms with Gasteiger partial charge in [-0.1, -0.05) is 24.6 Å². The molecule has 1 aromatic carbocycles. The van der Waals surface area contributed by atoms with E-state index in [0.717, 1.165) is 12.0 Å². The van der Waals surface area contributed by atoms with Crippen molar-refractivity contribution in [1.29, 1.82) is 0 Å². The third-order valence-corrected chi connectivity index (χ3v) is 5.07. The summed E-state index contributed by atoms with van der Waals surface area (Å²) in [5.41, 5.74) is 2.79. The van der Waals surface area contributed by atoms with Gasteiger partial charge in [0.1, 0.15) is 0 Å². The number of likely N-dealkylation sites (tertiary alicyclic amines) is 1. The molecule has 1 saturated heterocycles. The molecule has 1 N–H and O–H groups in total. The number of para-hydroxylation sites is 1. The molecule has 20 heavy (non-hydrogen) atoms. The molecule has 2 aliphatic rings. The lowest BCUT2D eigenvalue weighted by atomic mass is 9.95. The molecule has 2 heterocycles. The fraction of sp³-hybridized carbons (Fsp3) is 0.556.